The molecule has 2 aliphatic carbocycles. The topological polar surface area (TPSA) is 24.9 Å². The number of hydrogen-bond acceptors (Lipinski definition) is 2. The molecular weight excluding hydrogens is 220 g/mol. The second kappa shape index (κ2) is 5.40. The van der Waals surface area contributed by atoms with Gasteiger partial charge in [0.15, 0.2) is 0 Å². The summed E-state index contributed by atoms with van der Waals surface area (Å²) in [5.74, 6) is 0.881. The maximum absolute atomic E-state index is 4.58. The molecule has 2 aliphatic rings. The Balaban J connectivity index is 1.63. The van der Waals surface area contributed by atoms with Crippen LogP contribution in [0.2, 0.25) is 0 Å². The van der Waals surface area contributed by atoms with Gasteiger partial charge in [-0.25, -0.2) is 0 Å². The van der Waals surface area contributed by atoms with E-state index < -0.39 is 0 Å². The van der Waals surface area contributed by atoms with Crippen molar-refractivity contribution in [3.8, 4) is 0 Å². The SMILES string of the molecule is C[C@H](NC1CCc2cccnc21)C1CCCCC1. The molecule has 1 heterocycles. The minimum absolute atomic E-state index is 0.498. The van der Waals surface area contributed by atoms with Crippen molar-refractivity contribution in [1.29, 1.82) is 0 Å². The molecule has 2 heteroatoms. The third-order valence-corrected chi connectivity index (χ3v) is 4.78. The van der Waals surface area contributed by atoms with Gasteiger partial charge in [0.1, 0.15) is 0 Å². The molecule has 98 valence electrons. The molecule has 0 amide bonds. The Morgan fingerprint density at radius 3 is 2.89 bits per heavy atom. The van der Waals surface area contributed by atoms with Gasteiger partial charge in [-0.3, -0.25) is 4.98 Å². The average Bonchev–Trinajstić information content (AvgIpc) is 2.83. The van der Waals surface area contributed by atoms with Crippen LogP contribution < -0.4 is 5.32 Å². The van der Waals surface area contributed by atoms with Gasteiger partial charge >= 0.3 is 0 Å². The molecule has 0 aromatic carbocycles. The molecule has 1 N–H and O–H groups in total. The fourth-order valence-electron chi connectivity index (χ4n) is 3.66. The van der Waals surface area contributed by atoms with Crippen LogP contribution in [0, 0.1) is 5.92 Å². The smallest absolute Gasteiger partial charge is 0.0605 e. The zero-order valence-corrected chi connectivity index (χ0v) is 11.4. The second-order valence-corrected chi connectivity index (χ2v) is 5.99. The van der Waals surface area contributed by atoms with Crippen LogP contribution in [0.4, 0.5) is 0 Å². The normalized spacial score (nSPS) is 25.9. The molecule has 0 radical (unpaired) electrons. The Labute approximate surface area is 110 Å². The van der Waals surface area contributed by atoms with Crippen LogP contribution in [0.15, 0.2) is 18.3 Å². The highest BCUT2D eigenvalue weighted by Crippen LogP contribution is 2.32. The van der Waals surface area contributed by atoms with Crippen LogP contribution in [-0.2, 0) is 6.42 Å². The van der Waals surface area contributed by atoms with Crippen LogP contribution in [0.1, 0.15) is 62.7 Å². The Hall–Kier alpha value is -0.890. The first-order valence-corrected chi connectivity index (χ1v) is 7.54. The van der Waals surface area contributed by atoms with Crippen molar-refractivity contribution < 1.29 is 0 Å². The van der Waals surface area contributed by atoms with Crippen molar-refractivity contribution in [3.05, 3.63) is 29.6 Å². The quantitative estimate of drug-likeness (QED) is 0.878. The van der Waals surface area contributed by atoms with Crippen LogP contribution in [0.25, 0.3) is 0 Å². The lowest BCUT2D eigenvalue weighted by atomic mass is 9.84. The minimum atomic E-state index is 0.498. The number of fused-ring (bicyclic) bond motifs is 1. The lowest BCUT2D eigenvalue weighted by Crippen LogP contribution is -2.36. The van der Waals surface area contributed by atoms with Crippen molar-refractivity contribution >= 4 is 0 Å². The molecule has 2 atom stereocenters. The van der Waals surface area contributed by atoms with E-state index in [1.54, 1.807) is 0 Å². The fourth-order valence-corrected chi connectivity index (χ4v) is 3.66. The standard InChI is InChI=1S/C16H24N2/c1-12(13-6-3-2-4-7-13)18-15-10-9-14-8-5-11-17-16(14)15/h5,8,11-13,15,18H,2-4,6-7,9-10H2,1H3/t12-,15?/m0/s1. The van der Waals surface area contributed by atoms with Gasteiger partial charge in [0, 0.05) is 12.2 Å². The molecule has 2 nitrogen and oxygen atoms in total. The number of aryl methyl sites for hydroxylation is 1. The van der Waals surface area contributed by atoms with Gasteiger partial charge in [0.25, 0.3) is 0 Å². The van der Waals surface area contributed by atoms with Gasteiger partial charge in [0.05, 0.1) is 11.7 Å². The molecule has 0 aliphatic heterocycles. The molecule has 1 aromatic rings. The van der Waals surface area contributed by atoms with E-state index in [4.69, 9.17) is 0 Å². The first-order valence-electron chi connectivity index (χ1n) is 7.54. The molecule has 3 rings (SSSR count). The van der Waals surface area contributed by atoms with Gasteiger partial charge in [0.2, 0.25) is 0 Å². The highest BCUT2D eigenvalue weighted by atomic mass is 15.0. The Morgan fingerprint density at radius 2 is 2.06 bits per heavy atom. The van der Waals surface area contributed by atoms with Gasteiger partial charge in [-0.05, 0) is 50.2 Å². The summed E-state index contributed by atoms with van der Waals surface area (Å²) in [5.41, 5.74) is 2.76. The van der Waals surface area contributed by atoms with Gasteiger partial charge < -0.3 is 5.32 Å². The Morgan fingerprint density at radius 1 is 1.22 bits per heavy atom. The van der Waals surface area contributed by atoms with Crippen LogP contribution in [0.3, 0.4) is 0 Å². The van der Waals surface area contributed by atoms with Crippen molar-refractivity contribution in [2.75, 3.05) is 0 Å². The van der Waals surface area contributed by atoms with E-state index in [0.717, 1.165) is 5.92 Å². The summed E-state index contributed by atoms with van der Waals surface area (Å²) in [7, 11) is 0. The zero-order chi connectivity index (χ0) is 12.4. The first-order chi connectivity index (χ1) is 8.84. The van der Waals surface area contributed by atoms with E-state index in [1.165, 1.54) is 56.2 Å². The predicted molar refractivity (Wildman–Crippen MR) is 74.5 cm³/mol. The molecule has 18 heavy (non-hydrogen) atoms. The average molecular weight is 244 g/mol. The fraction of sp³-hybridized carbons (Fsp3) is 0.688. The van der Waals surface area contributed by atoms with Gasteiger partial charge in [-0.1, -0.05) is 25.3 Å². The van der Waals surface area contributed by atoms with E-state index in [-0.39, 0.29) is 0 Å². The van der Waals surface area contributed by atoms with Gasteiger partial charge in [-0.2, -0.15) is 0 Å². The molecule has 0 saturated heterocycles. The van der Waals surface area contributed by atoms with Crippen molar-refractivity contribution in [1.82, 2.24) is 10.3 Å². The number of pyridine rings is 1. The molecule has 1 fully saturated rings. The van der Waals surface area contributed by atoms with E-state index in [2.05, 4.69) is 29.4 Å². The maximum atomic E-state index is 4.58. The van der Waals surface area contributed by atoms with Crippen LogP contribution >= 0.6 is 0 Å². The summed E-state index contributed by atoms with van der Waals surface area (Å²) in [5, 5.41) is 3.84. The summed E-state index contributed by atoms with van der Waals surface area (Å²) in [6, 6.07) is 5.43. The first kappa shape index (κ1) is 12.2. The third kappa shape index (κ3) is 2.44. The highest BCUT2D eigenvalue weighted by Gasteiger charge is 2.27. The van der Waals surface area contributed by atoms with Crippen molar-refractivity contribution in [3.63, 3.8) is 0 Å². The highest BCUT2D eigenvalue weighted by molar-refractivity contribution is 5.28. The van der Waals surface area contributed by atoms with E-state index in [0.29, 0.717) is 12.1 Å². The lowest BCUT2D eigenvalue weighted by Gasteiger charge is -2.30. The van der Waals surface area contributed by atoms with Crippen LogP contribution in [-0.4, -0.2) is 11.0 Å². The summed E-state index contributed by atoms with van der Waals surface area (Å²) < 4.78 is 0. The Bertz CT molecular complexity index is 396. The minimum Gasteiger partial charge on any atom is -0.306 e. The monoisotopic (exact) mass is 244 g/mol. The molecule has 0 spiro atoms. The number of rotatable bonds is 3. The summed E-state index contributed by atoms with van der Waals surface area (Å²) in [4.78, 5) is 4.58. The predicted octanol–water partition coefficient (Wildman–Crippen LogP) is 3.63. The number of nitrogens with zero attached hydrogens (tertiary/aromatic N) is 1. The van der Waals surface area contributed by atoms with E-state index >= 15 is 0 Å². The Kier molecular flexibility index (Phi) is 3.64. The molecule has 1 aromatic heterocycles. The molecule has 1 saturated carbocycles. The third-order valence-electron chi connectivity index (χ3n) is 4.78. The van der Waals surface area contributed by atoms with Crippen molar-refractivity contribution in [2.45, 2.75) is 64.0 Å². The van der Waals surface area contributed by atoms with E-state index in [1.807, 2.05) is 6.20 Å². The molecule has 1 unspecified atom stereocenters. The summed E-state index contributed by atoms with van der Waals surface area (Å²) >= 11 is 0. The summed E-state index contributed by atoms with van der Waals surface area (Å²) in [6.45, 7) is 2.37. The van der Waals surface area contributed by atoms with Crippen molar-refractivity contribution in [2.24, 2.45) is 5.92 Å². The van der Waals surface area contributed by atoms with E-state index in [9.17, 15) is 0 Å². The van der Waals surface area contributed by atoms with Crippen LogP contribution in [0.5, 0.6) is 0 Å². The molecule has 0 bridgehead atoms. The number of nitrogens with one attached hydrogen (secondary N) is 1. The lowest BCUT2D eigenvalue weighted by molar-refractivity contribution is 0.263. The summed E-state index contributed by atoms with van der Waals surface area (Å²) in [6.07, 6.45) is 11.5. The second-order valence-electron chi connectivity index (χ2n) is 5.99. The zero-order valence-electron chi connectivity index (χ0n) is 11.4. The maximum Gasteiger partial charge on any atom is 0.0605 e. The number of aromatic nitrogens is 1. The van der Waals surface area contributed by atoms with Gasteiger partial charge in [-0.15, -0.1) is 0 Å². The number of hydrogen-bond donors (Lipinski definition) is 1. The molecular formula is C16H24N2. The largest absolute Gasteiger partial charge is 0.306 e.